The van der Waals surface area contributed by atoms with Crippen LogP contribution in [0.25, 0.3) is 0 Å². The molecule has 6 rings (SSSR count). The van der Waals surface area contributed by atoms with Gasteiger partial charge in [0.1, 0.15) is 0 Å². The first-order chi connectivity index (χ1) is 12.3. The quantitative estimate of drug-likeness (QED) is 0.616. The third kappa shape index (κ3) is 2.34. The van der Waals surface area contributed by atoms with Crippen molar-refractivity contribution in [2.75, 3.05) is 0 Å². The predicted octanol–water partition coefficient (Wildman–Crippen LogP) is 5.32. The van der Waals surface area contributed by atoms with E-state index in [9.17, 15) is 0 Å². The van der Waals surface area contributed by atoms with Crippen LogP contribution in [0, 0.1) is 0 Å². The van der Waals surface area contributed by atoms with E-state index >= 15 is 0 Å². The maximum atomic E-state index is 2.72. The van der Waals surface area contributed by atoms with Crippen LogP contribution in [0.3, 0.4) is 0 Å². The molecule has 3 atom stereocenters. The van der Waals surface area contributed by atoms with Gasteiger partial charge in [-0.25, -0.2) is 0 Å². The van der Waals surface area contributed by atoms with Crippen molar-refractivity contribution in [3.05, 3.63) is 107 Å². The van der Waals surface area contributed by atoms with Crippen LogP contribution in [0.15, 0.2) is 78.9 Å². The number of fused-ring (bicyclic) bond motifs is 1. The van der Waals surface area contributed by atoms with Crippen LogP contribution < -0.4 is 0 Å². The maximum absolute atomic E-state index is 2.72. The summed E-state index contributed by atoms with van der Waals surface area (Å²) in [5.41, 5.74) is 7.52. The van der Waals surface area contributed by atoms with E-state index in [1.807, 2.05) is 0 Å². The molecule has 0 aromatic heterocycles. The van der Waals surface area contributed by atoms with Gasteiger partial charge in [-0.15, -0.1) is 0 Å². The highest BCUT2D eigenvalue weighted by molar-refractivity contribution is 5.50. The van der Waals surface area contributed by atoms with Crippen LogP contribution in [0.2, 0.25) is 0 Å². The van der Waals surface area contributed by atoms with Gasteiger partial charge >= 0.3 is 0 Å². The molecule has 2 heterocycles. The Morgan fingerprint density at radius 1 is 0.760 bits per heavy atom. The second-order valence-corrected chi connectivity index (χ2v) is 7.42. The summed E-state index contributed by atoms with van der Waals surface area (Å²) in [5, 5.41) is 0. The summed E-state index contributed by atoms with van der Waals surface area (Å²) in [5.74, 6) is 0.467. The Hall–Kier alpha value is -2.38. The number of benzene rings is 3. The fourth-order valence-corrected chi connectivity index (χ4v) is 4.95. The number of nitrogens with zero attached hydrogens (tertiary/aromatic N) is 1. The second-order valence-electron chi connectivity index (χ2n) is 7.42. The molecule has 0 fully saturated rings. The lowest BCUT2D eigenvalue weighted by Gasteiger charge is -2.44. The van der Waals surface area contributed by atoms with Crippen molar-refractivity contribution in [1.82, 2.24) is 4.90 Å². The van der Waals surface area contributed by atoms with Gasteiger partial charge in [-0.1, -0.05) is 78.9 Å². The molecule has 0 radical (unpaired) electrons. The highest BCUT2D eigenvalue weighted by Gasteiger charge is 2.42. The Kier molecular flexibility index (Phi) is 3.50. The Balaban J connectivity index is 1.66. The fraction of sp³-hybridized carbons (Fsp3) is 0.250. The first-order valence-electron chi connectivity index (χ1n) is 9.29. The number of hydrogen-bond donors (Lipinski definition) is 0. The number of rotatable bonds is 2. The molecule has 0 N–H and O–H groups in total. The van der Waals surface area contributed by atoms with Crippen LogP contribution in [-0.2, 0) is 13.0 Å². The normalized spacial score (nSPS) is 24.4. The molecule has 2 aliphatic heterocycles. The lowest BCUT2D eigenvalue weighted by molar-refractivity contribution is 0.113. The monoisotopic (exact) mass is 325 g/mol. The smallest absolute Gasteiger partial charge is 0.0398 e. The zero-order valence-electron chi connectivity index (χ0n) is 14.6. The second kappa shape index (κ2) is 5.86. The Morgan fingerprint density at radius 2 is 1.40 bits per heavy atom. The highest BCUT2D eigenvalue weighted by atomic mass is 15.2. The zero-order valence-corrected chi connectivity index (χ0v) is 14.6. The molecule has 25 heavy (non-hydrogen) atoms. The average Bonchev–Trinajstić information content (AvgIpc) is 2.88. The van der Waals surface area contributed by atoms with Crippen molar-refractivity contribution < 1.29 is 0 Å². The minimum Gasteiger partial charge on any atom is -0.288 e. The molecule has 0 saturated heterocycles. The van der Waals surface area contributed by atoms with Gasteiger partial charge in [-0.3, -0.25) is 4.90 Å². The Labute approximate surface area is 149 Å². The minimum absolute atomic E-state index is 0.464. The molecule has 1 heteroatoms. The van der Waals surface area contributed by atoms with Gasteiger partial charge < -0.3 is 0 Å². The predicted molar refractivity (Wildman–Crippen MR) is 103 cm³/mol. The fourth-order valence-electron chi connectivity index (χ4n) is 4.95. The van der Waals surface area contributed by atoms with Gasteiger partial charge in [0.15, 0.2) is 0 Å². The molecular formula is C24H23N. The van der Waals surface area contributed by atoms with Crippen molar-refractivity contribution in [3.63, 3.8) is 0 Å². The summed E-state index contributed by atoms with van der Waals surface area (Å²) in [6, 6.07) is 30.1. The Morgan fingerprint density at radius 3 is 2.20 bits per heavy atom. The SMILES string of the molecule is C[C@@H]1[C@H]2c3ccccc3C[C@@H](c3ccccc32)N1Cc1ccccc1. The highest BCUT2D eigenvalue weighted by Crippen LogP contribution is 2.49. The van der Waals surface area contributed by atoms with Crippen LogP contribution in [0.5, 0.6) is 0 Å². The molecular weight excluding hydrogens is 302 g/mol. The van der Waals surface area contributed by atoms with Crippen molar-refractivity contribution >= 4 is 0 Å². The molecule has 0 unspecified atom stereocenters. The molecule has 0 amide bonds. The maximum Gasteiger partial charge on any atom is 0.0398 e. The van der Waals surface area contributed by atoms with E-state index in [0.717, 1.165) is 13.0 Å². The molecule has 1 nitrogen and oxygen atoms in total. The lowest BCUT2D eigenvalue weighted by atomic mass is 9.79. The third-order valence-electron chi connectivity index (χ3n) is 6.11. The molecule has 2 bridgehead atoms. The van der Waals surface area contributed by atoms with Crippen LogP contribution in [0.4, 0.5) is 0 Å². The standard InChI is InChI=1S/C24H23N/c1-17-24-20-12-6-5-11-19(20)15-23(21-13-7-8-14-22(21)24)25(17)16-18-9-3-2-4-10-18/h2-14,17,23-24H,15-16H2,1H3/t17-,23+,24+/m1/s1. The zero-order chi connectivity index (χ0) is 16.8. The van der Waals surface area contributed by atoms with E-state index in [2.05, 4.69) is 90.7 Å². The Bertz CT molecular complexity index is 899. The van der Waals surface area contributed by atoms with Gasteiger partial charge in [-0.05, 0) is 41.2 Å². The van der Waals surface area contributed by atoms with Crippen molar-refractivity contribution in [2.24, 2.45) is 0 Å². The summed E-state index contributed by atoms with van der Waals surface area (Å²) in [7, 11) is 0. The summed E-state index contributed by atoms with van der Waals surface area (Å²) in [6.07, 6.45) is 1.11. The van der Waals surface area contributed by atoms with E-state index < -0.39 is 0 Å². The molecule has 3 aliphatic rings. The van der Waals surface area contributed by atoms with Crippen LogP contribution >= 0.6 is 0 Å². The summed E-state index contributed by atoms with van der Waals surface area (Å²) in [6.45, 7) is 3.43. The van der Waals surface area contributed by atoms with E-state index in [4.69, 9.17) is 0 Å². The van der Waals surface area contributed by atoms with Gasteiger partial charge in [-0.2, -0.15) is 0 Å². The molecule has 0 spiro atoms. The van der Waals surface area contributed by atoms with E-state index in [1.165, 1.54) is 27.8 Å². The van der Waals surface area contributed by atoms with E-state index in [-0.39, 0.29) is 0 Å². The molecule has 3 aromatic carbocycles. The molecule has 1 aliphatic carbocycles. The summed E-state index contributed by atoms with van der Waals surface area (Å²) >= 11 is 0. The van der Waals surface area contributed by atoms with Gasteiger partial charge in [0.2, 0.25) is 0 Å². The average molecular weight is 325 g/mol. The lowest BCUT2D eigenvalue weighted by Crippen LogP contribution is -2.43. The van der Waals surface area contributed by atoms with Crippen LogP contribution in [0.1, 0.15) is 46.7 Å². The van der Waals surface area contributed by atoms with Gasteiger partial charge in [0.05, 0.1) is 0 Å². The molecule has 0 saturated carbocycles. The van der Waals surface area contributed by atoms with Gasteiger partial charge in [0, 0.05) is 24.5 Å². The summed E-state index contributed by atoms with van der Waals surface area (Å²) in [4.78, 5) is 2.72. The van der Waals surface area contributed by atoms with E-state index in [0.29, 0.717) is 18.0 Å². The van der Waals surface area contributed by atoms with Gasteiger partial charge in [0.25, 0.3) is 0 Å². The third-order valence-corrected chi connectivity index (χ3v) is 6.11. The first kappa shape index (κ1) is 14.9. The van der Waals surface area contributed by atoms with Crippen molar-refractivity contribution in [1.29, 1.82) is 0 Å². The largest absolute Gasteiger partial charge is 0.288 e. The van der Waals surface area contributed by atoms with E-state index in [1.54, 1.807) is 0 Å². The first-order valence-corrected chi connectivity index (χ1v) is 9.29. The number of hydrogen-bond acceptors (Lipinski definition) is 1. The summed E-state index contributed by atoms with van der Waals surface area (Å²) < 4.78 is 0. The van der Waals surface area contributed by atoms with Crippen LogP contribution in [-0.4, -0.2) is 10.9 Å². The van der Waals surface area contributed by atoms with Crippen molar-refractivity contribution in [2.45, 2.75) is 37.9 Å². The molecule has 3 aromatic rings. The topological polar surface area (TPSA) is 3.24 Å². The minimum atomic E-state index is 0.464. The van der Waals surface area contributed by atoms with Crippen molar-refractivity contribution in [3.8, 4) is 0 Å². The molecule has 124 valence electrons.